The maximum absolute atomic E-state index is 12.4. The van der Waals surface area contributed by atoms with E-state index in [0.29, 0.717) is 18.0 Å². The van der Waals surface area contributed by atoms with Gasteiger partial charge in [0.25, 0.3) is 11.8 Å². The molecule has 2 aromatic carbocycles. The van der Waals surface area contributed by atoms with Gasteiger partial charge in [0.2, 0.25) is 0 Å². The molecule has 0 saturated carbocycles. The molecule has 7 heteroatoms. The molecule has 1 aliphatic rings. The highest BCUT2D eigenvalue weighted by Gasteiger charge is 2.26. The van der Waals surface area contributed by atoms with Gasteiger partial charge in [0.1, 0.15) is 5.75 Å². The van der Waals surface area contributed by atoms with Gasteiger partial charge in [-0.25, -0.2) is 0 Å². The number of benzene rings is 2. The Labute approximate surface area is 182 Å². The fourth-order valence-electron chi connectivity index (χ4n) is 3.50. The van der Waals surface area contributed by atoms with Crippen LogP contribution >= 0.6 is 0 Å². The number of para-hydroxylation sites is 2. The first-order valence-corrected chi connectivity index (χ1v) is 10.5. The highest BCUT2D eigenvalue weighted by atomic mass is 16.5. The summed E-state index contributed by atoms with van der Waals surface area (Å²) < 4.78 is 10.7. The van der Waals surface area contributed by atoms with E-state index in [0.717, 1.165) is 12.0 Å². The van der Waals surface area contributed by atoms with Crippen LogP contribution in [-0.2, 0) is 19.1 Å². The number of hydrogen-bond donors (Lipinski definition) is 1. The number of nitrogens with zero attached hydrogens (tertiary/aromatic N) is 1. The van der Waals surface area contributed by atoms with E-state index in [2.05, 4.69) is 12.2 Å². The van der Waals surface area contributed by atoms with Crippen molar-refractivity contribution in [3.63, 3.8) is 0 Å². The highest BCUT2D eigenvalue weighted by molar-refractivity contribution is 5.98. The van der Waals surface area contributed by atoms with Gasteiger partial charge in [-0.05, 0) is 31.0 Å². The molecule has 0 spiro atoms. The third-order valence-corrected chi connectivity index (χ3v) is 5.31. The number of fused-ring (bicyclic) bond motifs is 1. The molecule has 2 aromatic rings. The smallest absolute Gasteiger partial charge is 0.308 e. The SMILES string of the molecule is CC[C@@H](CNC(=O)[C@@H](C)OC(=O)CCN1C(=O)COc2ccccc21)c1ccccc1. The second kappa shape index (κ2) is 10.6. The van der Waals surface area contributed by atoms with E-state index >= 15 is 0 Å². The van der Waals surface area contributed by atoms with Crippen molar-refractivity contribution in [2.24, 2.45) is 0 Å². The van der Waals surface area contributed by atoms with Gasteiger partial charge in [-0.3, -0.25) is 14.4 Å². The van der Waals surface area contributed by atoms with Gasteiger partial charge in [-0.2, -0.15) is 0 Å². The standard InChI is InChI=1S/C24H28N2O5/c1-3-18(19-9-5-4-6-10-19)15-25-24(29)17(2)31-23(28)13-14-26-20-11-7-8-12-21(20)30-16-22(26)27/h4-12,17-18H,3,13-16H2,1-2H3,(H,25,29)/t17-,18+/m1/s1. The first-order chi connectivity index (χ1) is 15.0. The summed E-state index contributed by atoms with van der Waals surface area (Å²) in [6, 6.07) is 17.1. The van der Waals surface area contributed by atoms with Crippen LogP contribution in [0.2, 0.25) is 0 Å². The van der Waals surface area contributed by atoms with Crippen LogP contribution in [0.4, 0.5) is 5.69 Å². The largest absolute Gasteiger partial charge is 0.482 e. The number of anilines is 1. The Balaban J connectivity index is 1.47. The number of carbonyl (C=O) groups excluding carboxylic acids is 3. The first-order valence-electron chi connectivity index (χ1n) is 10.5. The van der Waals surface area contributed by atoms with Crippen LogP contribution in [0.5, 0.6) is 5.75 Å². The van der Waals surface area contributed by atoms with Crippen molar-refractivity contribution in [3.05, 3.63) is 60.2 Å². The lowest BCUT2D eigenvalue weighted by Crippen LogP contribution is -2.41. The number of rotatable bonds is 9. The van der Waals surface area contributed by atoms with E-state index in [1.54, 1.807) is 25.1 Å². The molecule has 164 valence electrons. The second-order valence-corrected chi connectivity index (χ2v) is 7.44. The van der Waals surface area contributed by atoms with Crippen LogP contribution in [-0.4, -0.2) is 43.6 Å². The lowest BCUT2D eigenvalue weighted by Gasteiger charge is -2.29. The number of carbonyl (C=O) groups is 3. The fourth-order valence-corrected chi connectivity index (χ4v) is 3.50. The van der Waals surface area contributed by atoms with Crippen LogP contribution < -0.4 is 15.0 Å². The zero-order valence-corrected chi connectivity index (χ0v) is 17.9. The number of nitrogens with one attached hydrogen (secondary N) is 1. The molecule has 2 atom stereocenters. The summed E-state index contributed by atoms with van der Waals surface area (Å²) in [5.41, 5.74) is 1.79. The van der Waals surface area contributed by atoms with Crippen LogP contribution in [0, 0.1) is 0 Å². The third-order valence-electron chi connectivity index (χ3n) is 5.31. The predicted octanol–water partition coefficient (Wildman–Crippen LogP) is 3.04. The zero-order valence-electron chi connectivity index (χ0n) is 17.9. The molecule has 0 aliphatic carbocycles. The molecule has 0 fully saturated rings. The average molecular weight is 424 g/mol. The lowest BCUT2D eigenvalue weighted by atomic mass is 9.96. The molecule has 0 bridgehead atoms. The molecule has 7 nitrogen and oxygen atoms in total. The summed E-state index contributed by atoms with van der Waals surface area (Å²) in [7, 11) is 0. The number of ether oxygens (including phenoxy) is 2. The minimum Gasteiger partial charge on any atom is -0.482 e. The Kier molecular flexibility index (Phi) is 7.65. The number of hydrogen-bond acceptors (Lipinski definition) is 5. The van der Waals surface area contributed by atoms with E-state index in [1.165, 1.54) is 4.90 Å². The summed E-state index contributed by atoms with van der Waals surface area (Å²) in [5.74, 6) is -0.290. The van der Waals surface area contributed by atoms with E-state index in [9.17, 15) is 14.4 Å². The minimum absolute atomic E-state index is 0.0146. The Hall–Kier alpha value is -3.35. The molecule has 0 radical (unpaired) electrons. The van der Waals surface area contributed by atoms with Crippen molar-refractivity contribution in [2.75, 3.05) is 24.6 Å². The van der Waals surface area contributed by atoms with E-state index in [4.69, 9.17) is 9.47 Å². The van der Waals surface area contributed by atoms with Gasteiger partial charge in [0.15, 0.2) is 12.7 Å². The minimum atomic E-state index is -0.909. The van der Waals surface area contributed by atoms with E-state index < -0.39 is 12.1 Å². The molecule has 0 aromatic heterocycles. The molecule has 3 rings (SSSR count). The van der Waals surface area contributed by atoms with Gasteiger partial charge < -0.3 is 19.7 Å². The molecule has 1 heterocycles. The second-order valence-electron chi connectivity index (χ2n) is 7.44. The average Bonchev–Trinajstić information content (AvgIpc) is 2.79. The van der Waals surface area contributed by atoms with Gasteiger partial charge in [-0.15, -0.1) is 0 Å². The lowest BCUT2D eigenvalue weighted by molar-refractivity contribution is -0.154. The molecular formula is C24H28N2O5. The van der Waals surface area contributed by atoms with Crippen LogP contribution in [0.1, 0.15) is 38.2 Å². The molecule has 1 N–H and O–H groups in total. The molecule has 31 heavy (non-hydrogen) atoms. The van der Waals surface area contributed by atoms with Crippen LogP contribution in [0.15, 0.2) is 54.6 Å². The summed E-state index contributed by atoms with van der Waals surface area (Å²) in [6.45, 7) is 4.19. The summed E-state index contributed by atoms with van der Waals surface area (Å²) in [4.78, 5) is 38.3. The monoisotopic (exact) mass is 424 g/mol. The maximum atomic E-state index is 12.4. The Morgan fingerprint density at radius 1 is 1.13 bits per heavy atom. The topological polar surface area (TPSA) is 84.9 Å². The van der Waals surface area contributed by atoms with Gasteiger partial charge in [0.05, 0.1) is 12.1 Å². The number of esters is 1. The fraction of sp³-hybridized carbons (Fsp3) is 0.375. The molecule has 0 unspecified atom stereocenters. The molecule has 0 saturated heterocycles. The Morgan fingerprint density at radius 3 is 2.58 bits per heavy atom. The van der Waals surface area contributed by atoms with E-state index in [-0.39, 0.29) is 37.3 Å². The Bertz CT molecular complexity index is 915. The third kappa shape index (κ3) is 5.84. The summed E-state index contributed by atoms with van der Waals surface area (Å²) in [6.07, 6.45) is -0.0410. The molecule has 2 amide bonds. The van der Waals surface area contributed by atoms with Gasteiger partial charge in [-0.1, -0.05) is 49.4 Å². The highest BCUT2D eigenvalue weighted by Crippen LogP contribution is 2.31. The van der Waals surface area contributed by atoms with Gasteiger partial charge >= 0.3 is 5.97 Å². The van der Waals surface area contributed by atoms with Crippen molar-refractivity contribution in [3.8, 4) is 5.75 Å². The zero-order chi connectivity index (χ0) is 22.2. The summed E-state index contributed by atoms with van der Waals surface area (Å²) in [5, 5.41) is 2.87. The molecule has 1 aliphatic heterocycles. The number of amides is 2. The van der Waals surface area contributed by atoms with Gasteiger partial charge in [0, 0.05) is 19.0 Å². The van der Waals surface area contributed by atoms with Crippen LogP contribution in [0.3, 0.4) is 0 Å². The van der Waals surface area contributed by atoms with Crippen molar-refractivity contribution in [1.29, 1.82) is 0 Å². The van der Waals surface area contributed by atoms with Crippen molar-refractivity contribution in [1.82, 2.24) is 5.32 Å². The Morgan fingerprint density at radius 2 is 1.84 bits per heavy atom. The van der Waals surface area contributed by atoms with Crippen molar-refractivity contribution < 1.29 is 23.9 Å². The predicted molar refractivity (Wildman–Crippen MR) is 117 cm³/mol. The first kappa shape index (κ1) is 22.3. The van der Waals surface area contributed by atoms with Crippen molar-refractivity contribution in [2.45, 2.75) is 38.7 Å². The summed E-state index contributed by atoms with van der Waals surface area (Å²) >= 11 is 0. The molecular weight excluding hydrogens is 396 g/mol. The van der Waals surface area contributed by atoms with E-state index in [1.807, 2.05) is 36.4 Å². The van der Waals surface area contributed by atoms with Crippen molar-refractivity contribution >= 4 is 23.5 Å². The normalized spacial score (nSPS) is 14.8. The quantitative estimate of drug-likeness (QED) is 0.626. The maximum Gasteiger partial charge on any atom is 0.308 e. The van der Waals surface area contributed by atoms with Crippen LogP contribution in [0.25, 0.3) is 0 Å².